The fraction of sp³-hybridized carbons (Fsp3) is 0.267. The first-order valence-electron chi connectivity index (χ1n) is 7.43. The van der Waals surface area contributed by atoms with Gasteiger partial charge >= 0.3 is 6.18 Å². The summed E-state index contributed by atoms with van der Waals surface area (Å²) in [6, 6.07) is 4.14. The van der Waals surface area contributed by atoms with Crippen molar-refractivity contribution >= 4 is 21.3 Å². The zero-order valence-corrected chi connectivity index (χ0v) is 14.3. The number of nitrogens with zero attached hydrogens (tertiary/aromatic N) is 4. The maximum Gasteiger partial charge on any atom is 0.390 e. The molecule has 1 aromatic carbocycles. The Morgan fingerprint density at radius 3 is 2.65 bits per heavy atom. The van der Waals surface area contributed by atoms with Crippen molar-refractivity contribution in [3.63, 3.8) is 0 Å². The number of nitrogen functional groups attached to an aromatic ring is 1. The van der Waals surface area contributed by atoms with Crippen LogP contribution < -0.4 is 5.73 Å². The first-order valence-corrected chi connectivity index (χ1v) is 9.08. The lowest BCUT2D eigenvalue weighted by molar-refractivity contribution is -0.129. The smallest absolute Gasteiger partial charge is 0.381 e. The lowest BCUT2D eigenvalue weighted by Gasteiger charge is -2.11. The number of hydrogen-bond donors (Lipinski definition) is 1. The molecule has 3 aromatic rings. The number of aromatic nitrogens is 4. The van der Waals surface area contributed by atoms with E-state index in [1.165, 1.54) is 35.2 Å². The highest BCUT2D eigenvalue weighted by Gasteiger charge is 2.30. The van der Waals surface area contributed by atoms with Crippen LogP contribution in [0.5, 0.6) is 0 Å². The zero-order valence-electron chi connectivity index (χ0n) is 13.5. The Balaban J connectivity index is 2.07. The minimum absolute atomic E-state index is 0.151. The van der Waals surface area contributed by atoms with E-state index in [1.807, 2.05) is 0 Å². The molecule has 0 bridgehead atoms. The van der Waals surface area contributed by atoms with Crippen LogP contribution in [0.25, 0.3) is 16.9 Å². The van der Waals surface area contributed by atoms with Gasteiger partial charge in [0.15, 0.2) is 21.3 Å². The van der Waals surface area contributed by atoms with E-state index in [2.05, 4.69) is 15.1 Å². The summed E-state index contributed by atoms with van der Waals surface area (Å²) < 4.78 is 63.1. The fourth-order valence-electron chi connectivity index (χ4n) is 2.46. The van der Waals surface area contributed by atoms with E-state index < -0.39 is 28.2 Å². The largest absolute Gasteiger partial charge is 0.390 e. The van der Waals surface area contributed by atoms with Crippen LogP contribution in [0, 0.1) is 6.92 Å². The summed E-state index contributed by atoms with van der Waals surface area (Å²) in [5.41, 5.74) is 7.67. The third kappa shape index (κ3) is 3.47. The first kappa shape index (κ1) is 18.1. The zero-order chi connectivity index (χ0) is 19.1. The Hall–Kier alpha value is -2.69. The molecule has 0 saturated carbocycles. The molecule has 2 aromatic heterocycles. The third-order valence-corrected chi connectivity index (χ3v) is 5.54. The Kier molecular flexibility index (Phi) is 4.34. The number of fused-ring (bicyclic) bond motifs is 1. The summed E-state index contributed by atoms with van der Waals surface area (Å²) in [7, 11) is -4.09. The van der Waals surface area contributed by atoms with Gasteiger partial charge in [0.05, 0.1) is 29.0 Å². The van der Waals surface area contributed by atoms with Crippen molar-refractivity contribution in [3.8, 4) is 11.3 Å². The highest BCUT2D eigenvalue weighted by molar-refractivity contribution is 7.91. The summed E-state index contributed by atoms with van der Waals surface area (Å²) in [6.07, 6.45) is -3.27. The van der Waals surface area contributed by atoms with Crippen molar-refractivity contribution in [1.82, 2.24) is 19.6 Å². The van der Waals surface area contributed by atoms with Gasteiger partial charge < -0.3 is 5.73 Å². The van der Waals surface area contributed by atoms with Crippen LogP contribution in [0.4, 0.5) is 19.0 Å². The van der Waals surface area contributed by atoms with E-state index in [1.54, 1.807) is 6.92 Å². The highest BCUT2D eigenvalue weighted by Crippen LogP contribution is 2.29. The van der Waals surface area contributed by atoms with Gasteiger partial charge in [-0.25, -0.2) is 22.9 Å². The van der Waals surface area contributed by atoms with Crippen molar-refractivity contribution in [2.75, 3.05) is 11.5 Å². The number of benzene rings is 1. The van der Waals surface area contributed by atoms with Gasteiger partial charge in [0.1, 0.15) is 6.33 Å². The number of aryl methyl sites for hydroxylation is 1. The highest BCUT2D eigenvalue weighted by atomic mass is 32.2. The molecule has 0 spiro atoms. The maximum atomic E-state index is 12.4. The quantitative estimate of drug-likeness (QED) is 0.740. The number of anilines is 1. The molecule has 26 heavy (non-hydrogen) atoms. The molecule has 0 unspecified atom stereocenters. The van der Waals surface area contributed by atoms with Gasteiger partial charge in [-0.05, 0) is 24.6 Å². The molecular weight excluding hydrogens is 371 g/mol. The molecule has 3 rings (SSSR count). The van der Waals surface area contributed by atoms with Gasteiger partial charge in [-0.1, -0.05) is 6.07 Å². The molecule has 2 N–H and O–H groups in total. The SMILES string of the molecule is Cc1ccc(S(=O)(=O)CCC(F)(F)F)cc1-c1cnc2c(N)ncnn12. The van der Waals surface area contributed by atoms with Crippen molar-refractivity contribution in [2.45, 2.75) is 24.4 Å². The fourth-order valence-corrected chi connectivity index (χ4v) is 3.77. The Labute approximate surface area is 146 Å². The van der Waals surface area contributed by atoms with Crippen LogP contribution in [-0.2, 0) is 9.84 Å². The molecule has 0 aliphatic carbocycles. The number of halogens is 3. The second-order valence-corrected chi connectivity index (χ2v) is 7.79. The number of hydrogen-bond acceptors (Lipinski definition) is 6. The van der Waals surface area contributed by atoms with Crippen molar-refractivity contribution in [2.24, 2.45) is 0 Å². The Morgan fingerprint density at radius 2 is 1.96 bits per heavy atom. The topological polar surface area (TPSA) is 103 Å². The predicted octanol–water partition coefficient (Wildman–Crippen LogP) is 2.41. The molecule has 138 valence electrons. The molecule has 7 nitrogen and oxygen atoms in total. The van der Waals surface area contributed by atoms with Crippen LogP contribution in [-0.4, -0.2) is 39.9 Å². The molecule has 0 aliphatic rings. The van der Waals surface area contributed by atoms with E-state index in [0.29, 0.717) is 22.5 Å². The van der Waals surface area contributed by atoms with Gasteiger partial charge in [0.2, 0.25) is 0 Å². The molecule has 0 radical (unpaired) electrons. The van der Waals surface area contributed by atoms with Gasteiger partial charge in [0.25, 0.3) is 0 Å². The number of rotatable bonds is 4. The summed E-state index contributed by atoms with van der Waals surface area (Å²) >= 11 is 0. The van der Waals surface area contributed by atoms with E-state index in [4.69, 9.17) is 5.73 Å². The number of alkyl halides is 3. The molecule has 0 aliphatic heterocycles. The molecule has 11 heteroatoms. The van der Waals surface area contributed by atoms with Gasteiger partial charge in [-0.15, -0.1) is 0 Å². The average Bonchev–Trinajstić information content (AvgIpc) is 2.98. The average molecular weight is 385 g/mol. The van der Waals surface area contributed by atoms with Crippen LogP contribution in [0.3, 0.4) is 0 Å². The monoisotopic (exact) mass is 385 g/mol. The second-order valence-electron chi connectivity index (χ2n) is 5.68. The van der Waals surface area contributed by atoms with Crippen LogP contribution in [0.2, 0.25) is 0 Å². The summed E-state index contributed by atoms with van der Waals surface area (Å²) in [6.45, 7) is 1.74. The van der Waals surface area contributed by atoms with Crippen molar-refractivity contribution < 1.29 is 21.6 Å². The number of sulfone groups is 1. The maximum absolute atomic E-state index is 12.4. The Bertz CT molecular complexity index is 1080. The van der Waals surface area contributed by atoms with E-state index in [9.17, 15) is 21.6 Å². The molecule has 0 saturated heterocycles. The minimum atomic E-state index is -4.54. The van der Waals surface area contributed by atoms with Crippen LogP contribution in [0.1, 0.15) is 12.0 Å². The van der Waals surface area contributed by atoms with Gasteiger partial charge in [-0.2, -0.15) is 18.3 Å². The van der Waals surface area contributed by atoms with E-state index in [-0.39, 0.29) is 10.7 Å². The number of imidazole rings is 1. The minimum Gasteiger partial charge on any atom is -0.381 e. The summed E-state index contributed by atoms with van der Waals surface area (Å²) in [4.78, 5) is 7.74. The van der Waals surface area contributed by atoms with Crippen LogP contribution >= 0.6 is 0 Å². The molecular formula is C15H14F3N5O2S. The summed E-state index contributed by atoms with van der Waals surface area (Å²) in [5.74, 6) is -0.862. The molecule has 0 fully saturated rings. The van der Waals surface area contributed by atoms with Crippen molar-refractivity contribution in [3.05, 3.63) is 36.3 Å². The molecule has 0 amide bonds. The second kappa shape index (κ2) is 6.24. The lowest BCUT2D eigenvalue weighted by atomic mass is 10.1. The molecule has 0 atom stereocenters. The van der Waals surface area contributed by atoms with E-state index in [0.717, 1.165) is 0 Å². The van der Waals surface area contributed by atoms with Crippen molar-refractivity contribution in [1.29, 1.82) is 0 Å². The van der Waals surface area contributed by atoms with E-state index >= 15 is 0 Å². The predicted molar refractivity (Wildman–Crippen MR) is 88.1 cm³/mol. The number of nitrogens with two attached hydrogens (primary N) is 1. The van der Waals surface area contributed by atoms with Gasteiger partial charge in [0, 0.05) is 5.56 Å². The first-order chi connectivity index (χ1) is 12.1. The third-order valence-electron chi connectivity index (χ3n) is 3.83. The van der Waals surface area contributed by atoms with Gasteiger partial charge in [-0.3, -0.25) is 0 Å². The summed E-state index contributed by atoms with van der Waals surface area (Å²) in [5, 5.41) is 4.04. The lowest BCUT2D eigenvalue weighted by Crippen LogP contribution is -2.16. The molecule has 2 heterocycles. The Morgan fingerprint density at radius 1 is 1.23 bits per heavy atom. The normalized spacial score (nSPS) is 12.6. The standard InChI is InChI=1S/C15H14F3N5O2S/c1-9-2-3-10(26(24,25)5-4-15(16,17)18)6-11(9)12-7-20-14-13(19)21-8-22-23(12)14/h2-3,6-8H,4-5H2,1H3,(H2,19,21,22). The van der Waals surface area contributed by atoms with Crippen LogP contribution in [0.15, 0.2) is 35.6 Å².